The highest BCUT2D eigenvalue weighted by Gasteiger charge is 2.24. The molecule has 0 saturated heterocycles. The number of rotatable bonds is 5. The summed E-state index contributed by atoms with van der Waals surface area (Å²) in [6.45, 7) is 4.38. The highest BCUT2D eigenvalue weighted by Crippen LogP contribution is 2.27. The molecule has 0 radical (unpaired) electrons. The molecule has 4 heteroatoms. The lowest BCUT2D eigenvalue weighted by molar-refractivity contribution is 0.0912. The van der Waals surface area contributed by atoms with E-state index in [-0.39, 0.29) is 11.9 Å². The van der Waals surface area contributed by atoms with Gasteiger partial charge in [-0.3, -0.25) is 4.79 Å². The quantitative estimate of drug-likeness (QED) is 0.577. The van der Waals surface area contributed by atoms with Crippen molar-refractivity contribution in [2.45, 2.75) is 52.0 Å². The third kappa shape index (κ3) is 4.26. The third-order valence-corrected chi connectivity index (χ3v) is 6.05. The Kier molecular flexibility index (Phi) is 5.79. The molecule has 1 saturated carbocycles. The molecule has 1 heterocycles. The van der Waals surface area contributed by atoms with Crippen LogP contribution in [0.2, 0.25) is 0 Å². The Balaban J connectivity index is 1.68. The lowest BCUT2D eigenvalue weighted by atomic mass is 9.86. The zero-order valence-corrected chi connectivity index (χ0v) is 17.2. The van der Waals surface area contributed by atoms with Crippen LogP contribution in [0.4, 0.5) is 11.5 Å². The zero-order chi connectivity index (χ0) is 20.2. The summed E-state index contributed by atoms with van der Waals surface area (Å²) in [5, 5.41) is 7.62. The van der Waals surface area contributed by atoms with Crippen molar-refractivity contribution in [2.24, 2.45) is 5.92 Å². The normalized spacial score (nSPS) is 19.1. The summed E-state index contributed by atoms with van der Waals surface area (Å²) in [5.74, 6) is 1.22. The fourth-order valence-corrected chi connectivity index (χ4v) is 4.29. The minimum Gasteiger partial charge on any atom is -0.349 e. The average Bonchev–Trinajstić information content (AvgIpc) is 2.75. The number of pyridine rings is 1. The second kappa shape index (κ2) is 8.64. The molecule has 4 rings (SSSR count). The van der Waals surface area contributed by atoms with Crippen LogP contribution >= 0.6 is 0 Å². The van der Waals surface area contributed by atoms with Crippen LogP contribution in [0.3, 0.4) is 0 Å². The van der Waals surface area contributed by atoms with Crippen LogP contribution in [0, 0.1) is 5.92 Å². The lowest BCUT2D eigenvalue weighted by Gasteiger charge is -2.29. The maximum absolute atomic E-state index is 13.2. The van der Waals surface area contributed by atoms with Gasteiger partial charge in [0.1, 0.15) is 5.82 Å². The van der Waals surface area contributed by atoms with Gasteiger partial charge in [0, 0.05) is 17.1 Å². The summed E-state index contributed by atoms with van der Waals surface area (Å²) in [7, 11) is 0. The van der Waals surface area contributed by atoms with Gasteiger partial charge in [-0.05, 0) is 48.9 Å². The Hall–Kier alpha value is -2.88. The molecule has 0 aliphatic heterocycles. The molecule has 1 amide bonds. The second-order valence-corrected chi connectivity index (χ2v) is 8.05. The molecule has 0 spiro atoms. The van der Waals surface area contributed by atoms with E-state index in [1.165, 1.54) is 24.8 Å². The minimum absolute atomic E-state index is 0.00539. The number of nitrogens with zero attached hydrogens (tertiary/aromatic N) is 1. The van der Waals surface area contributed by atoms with Crippen molar-refractivity contribution < 1.29 is 4.79 Å². The number of hydrogen-bond acceptors (Lipinski definition) is 3. The summed E-state index contributed by atoms with van der Waals surface area (Å²) < 4.78 is 0. The molecule has 2 N–H and O–H groups in total. The van der Waals surface area contributed by atoms with Crippen molar-refractivity contribution in [1.82, 2.24) is 10.3 Å². The summed E-state index contributed by atoms with van der Waals surface area (Å²) in [4.78, 5) is 18.0. The van der Waals surface area contributed by atoms with Gasteiger partial charge in [0.15, 0.2) is 0 Å². The molecule has 4 nitrogen and oxygen atoms in total. The van der Waals surface area contributed by atoms with Crippen molar-refractivity contribution in [3.8, 4) is 0 Å². The van der Waals surface area contributed by atoms with Crippen LogP contribution in [-0.2, 0) is 6.42 Å². The number of anilines is 2. The smallest absolute Gasteiger partial charge is 0.252 e. The molecule has 1 fully saturated rings. The largest absolute Gasteiger partial charge is 0.349 e. The number of benzene rings is 2. The van der Waals surface area contributed by atoms with E-state index in [0.29, 0.717) is 17.3 Å². The van der Waals surface area contributed by atoms with Gasteiger partial charge in [0.25, 0.3) is 5.91 Å². The minimum atomic E-state index is -0.00539. The fraction of sp³-hybridized carbons (Fsp3) is 0.360. The van der Waals surface area contributed by atoms with Gasteiger partial charge in [-0.25, -0.2) is 4.98 Å². The summed E-state index contributed by atoms with van der Waals surface area (Å²) in [6.07, 6.45) is 5.63. The average molecular weight is 388 g/mol. The topological polar surface area (TPSA) is 54.0 Å². The summed E-state index contributed by atoms with van der Waals surface area (Å²) in [5.41, 5.74) is 3.77. The predicted octanol–water partition coefficient (Wildman–Crippen LogP) is 5.85. The molecule has 29 heavy (non-hydrogen) atoms. The monoisotopic (exact) mass is 387 g/mol. The maximum Gasteiger partial charge on any atom is 0.252 e. The Morgan fingerprint density at radius 1 is 1.07 bits per heavy atom. The first-order chi connectivity index (χ1) is 14.2. The molecule has 2 atom stereocenters. The highest BCUT2D eigenvalue weighted by atomic mass is 16.1. The van der Waals surface area contributed by atoms with Crippen LogP contribution in [-0.4, -0.2) is 16.9 Å². The van der Waals surface area contributed by atoms with Gasteiger partial charge in [-0.15, -0.1) is 0 Å². The zero-order valence-electron chi connectivity index (χ0n) is 17.2. The van der Waals surface area contributed by atoms with Crippen molar-refractivity contribution in [2.75, 3.05) is 5.32 Å². The van der Waals surface area contributed by atoms with E-state index in [1.54, 1.807) is 0 Å². The number of amides is 1. The number of para-hydroxylation sites is 2. The van der Waals surface area contributed by atoms with Gasteiger partial charge in [-0.1, -0.05) is 63.1 Å². The molecular weight excluding hydrogens is 358 g/mol. The van der Waals surface area contributed by atoms with Gasteiger partial charge in [-0.2, -0.15) is 0 Å². The third-order valence-electron chi connectivity index (χ3n) is 6.05. The Morgan fingerprint density at radius 2 is 1.83 bits per heavy atom. The van der Waals surface area contributed by atoms with Crippen LogP contribution in [0.5, 0.6) is 0 Å². The molecule has 1 aromatic heterocycles. The highest BCUT2D eigenvalue weighted by molar-refractivity contribution is 6.07. The molecular formula is C25H29N3O. The fourth-order valence-electron chi connectivity index (χ4n) is 4.29. The van der Waals surface area contributed by atoms with Crippen molar-refractivity contribution in [3.63, 3.8) is 0 Å². The summed E-state index contributed by atoms with van der Waals surface area (Å²) >= 11 is 0. The predicted molar refractivity (Wildman–Crippen MR) is 120 cm³/mol. The Labute approximate surface area is 172 Å². The van der Waals surface area contributed by atoms with Crippen LogP contribution in [0.1, 0.15) is 55.5 Å². The molecule has 2 unspecified atom stereocenters. The number of aryl methyl sites for hydroxylation is 1. The molecule has 2 aromatic carbocycles. The Morgan fingerprint density at radius 3 is 2.66 bits per heavy atom. The number of fused-ring (bicyclic) bond motifs is 1. The van der Waals surface area contributed by atoms with Crippen LogP contribution in [0.15, 0.2) is 54.6 Å². The van der Waals surface area contributed by atoms with E-state index in [0.717, 1.165) is 29.4 Å². The van der Waals surface area contributed by atoms with Crippen molar-refractivity contribution in [3.05, 3.63) is 65.7 Å². The number of nitrogens with one attached hydrogen (secondary N) is 2. The molecule has 1 aliphatic rings. The molecule has 0 bridgehead atoms. The Bertz CT molecular complexity index is 1010. The second-order valence-electron chi connectivity index (χ2n) is 8.05. The van der Waals surface area contributed by atoms with Crippen LogP contribution < -0.4 is 10.6 Å². The van der Waals surface area contributed by atoms with Gasteiger partial charge in [0.05, 0.1) is 11.1 Å². The van der Waals surface area contributed by atoms with E-state index in [1.807, 2.05) is 42.5 Å². The number of carbonyl (C=O) groups is 1. The van der Waals surface area contributed by atoms with Crippen molar-refractivity contribution >= 4 is 28.3 Å². The first kappa shape index (κ1) is 19.4. The van der Waals surface area contributed by atoms with Gasteiger partial charge in [0.2, 0.25) is 0 Å². The standard InChI is InChI=1S/C25H29N3O/c1-3-18-11-5-8-14-22(18)26-24-16-20(19-12-6-9-15-23(19)27-24)25(29)28-21-13-7-4-10-17(21)2/h5-6,8-9,11-12,14-17,21H,3-4,7,10,13H2,1-2H3,(H,26,27)(H,28,29). The molecule has 3 aromatic rings. The number of carbonyl (C=O) groups excluding carboxylic acids is 1. The number of aromatic nitrogens is 1. The van der Waals surface area contributed by atoms with Gasteiger partial charge >= 0.3 is 0 Å². The molecule has 1 aliphatic carbocycles. The van der Waals surface area contributed by atoms with E-state index in [4.69, 9.17) is 4.98 Å². The SMILES string of the molecule is CCc1ccccc1Nc1cc(C(=O)NC2CCCCC2C)c2ccccc2n1. The first-order valence-corrected chi connectivity index (χ1v) is 10.7. The molecule has 150 valence electrons. The van der Waals surface area contributed by atoms with E-state index in [9.17, 15) is 4.79 Å². The van der Waals surface area contributed by atoms with E-state index < -0.39 is 0 Å². The lowest BCUT2D eigenvalue weighted by Crippen LogP contribution is -2.41. The first-order valence-electron chi connectivity index (χ1n) is 10.7. The van der Waals surface area contributed by atoms with Gasteiger partial charge < -0.3 is 10.6 Å². The number of hydrogen-bond donors (Lipinski definition) is 2. The van der Waals surface area contributed by atoms with E-state index >= 15 is 0 Å². The van der Waals surface area contributed by atoms with Crippen molar-refractivity contribution in [1.29, 1.82) is 0 Å². The summed E-state index contributed by atoms with van der Waals surface area (Å²) in [6, 6.07) is 18.2. The maximum atomic E-state index is 13.2. The van der Waals surface area contributed by atoms with Crippen LogP contribution in [0.25, 0.3) is 10.9 Å². The van der Waals surface area contributed by atoms with E-state index in [2.05, 4.69) is 36.6 Å².